The summed E-state index contributed by atoms with van der Waals surface area (Å²) in [5.74, 6) is 0.542. The minimum absolute atomic E-state index is 0.373. The molecular formula is C14H22N2O2S. The topological polar surface area (TPSA) is 63.4 Å². The lowest BCUT2D eigenvalue weighted by Crippen LogP contribution is -2.33. The molecule has 1 aliphatic rings. The molecule has 4 nitrogen and oxygen atoms in total. The molecule has 106 valence electrons. The monoisotopic (exact) mass is 282 g/mol. The zero-order valence-corrected chi connectivity index (χ0v) is 12.4. The van der Waals surface area contributed by atoms with Gasteiger partial charge in [0, 0.05) is 18.8 Å². The number of nitrogen functional groups attached to an aromatic ring is 1. The van der Waals surface area contributed by atoms with Crippen molar-refractivity contribution in [1.29, 1.82) is 0 Å². The SMILES string of the molecule is CCc1ccc(N)cc1S(=O)(=O)N(CC)CC1CC1. The normalized spacial score (nSPS) is 15.9. The van der Waals surface area contributed by atoms with Crippen LogP contribution in [0.15, 0.2) is 23.1 Å². The van der Waals surface area contributed by atoms with Crippen LogP contribution in [0.1, 0.15) is 32.3 Å². The van der Waals surface area contributed by atoms with E-state index in [9.17, 15) is 8.42 Å². The van der Waals surface area contributed by atoms with Gasteiger partial charge in [0.05, 0.1) is 4.90 Å². The van der Waals surface area contributed by atoms with Gasteiger partial charge < -0.3 is 5.73 Å². The lowest BCUT2D eigenvalue weighted by molar-refractivity contribution is 0.411. The number of benzene rings is 1. The minimum atomic E-state index is -3.42. The number of anilines is 1. The molecule has 1 saturated carbocycles. The molecule has 0 aromatic heterocycles. The van der Waals surface area contributed by atoms with Gasteiger partial charge in [-0.05, 0) is 42.9 Å². The van der Waals surface area contributed by atoms with Crippen LogP contribution in [0.5, 0.6) is 0 Å². The predicted octanol–water partition coefficient (Wildman–Crippen LogP) is 2.25. The average Bonchev–Trinajstić information content (AvgIpc) is 3.19. The van der Waals surface area contributed by atoms with Gasteiger partial charge in [-0.15, -0.1) is 0 Å². The first-order chi connectivity index (χ1) is 8.98. The summed E-state index contributed by atoms with van der Waals surface area (Å²) in [7, 11) is -3.42. The average molecular weight is 282 g/mol. The Morgan fingerprint density at radius 2 is 2.00 bits per heavy atom. The third kappa shape index (κ3) is 3.09. The smallest absolute Gasteiger partial charge is 0.243 e. The quantitative estimate of drug-likeness (QED) is 0.814. The van der Waals surface area contributed by atoms with E-state index in [4.69, 9.17) is 5.73 Å². The van der Waals surface area contributed by atoms with Crippen molar-refractivity contribution >= 4 is 15.7 Å². The van der Waals surface area contributed by atoms with E-state index in [1.54, 1.807) is 16.4 Å². The Morgan fingerprint density at radius 1 is 1.32 bits per heavy atom. The molecule has 0 bridgehead atoms. The standard InChI is InChI=1S/C14H22N2O2S/c1-3-12-7-8-13(15)9-14(12)19(17,18)16(4-2)10-11-5-6-11/h7-9,11H,3-6,10,15H2,1-2H3. The third-order valence-electron chi connectivity index (χ3n) is 3.60. The molecule has 1 aromatic carbocycles. The van der Waals surface area contributed by atoms with Crippen LogP contribution >= 0.6 is 0 Å². The van der Waals surface area contributed by atoms with E-state index in [2.05, 4.69) is 0 Å². The Balaban J connectivity index is 2.38. The zero-order chi connectivity index (χ0) is 14.0. The van der Waals surface area contributed by atoms with Crippen molar-refractivity contribution in [2.45, 2.75) is 38.0 Å². The lowest BCUT2D eigenvalue weighted by atomic mass is 10.1. The molecule has 1 aliphatic carbocycles. The Bertz CT molecular complexity index is 551. The van der Waals surface area contributed by atoms with Gasteiger partial charge >= 0.3 is 0 Å². The molecule has 0 spiro atoms. The fourth-order valence-corrected chi connectivity index (χ4v) is 4.08. The zero-order valence-electron chi connectivity index (χ0n) is 11.6. The molecule has 1 fully saturated rings. The summed E-state index contributed by atoms with van der Waals surface area (Å²) in [5.41, 5.74) is 7.09. The number of rotatable bonds is 6. The van der Waals surface area contributed by atoms with Gasteiger partial charge in [0.1, 0.15) is 0 Å². The molecule has 0 amide bonds. The van der Waals surface area contributed by atoms with Crippen molar-refractivity contribution < 1.29 is 8.42 Å². The van der Waals surface area contributed by atoms with Gasteiger partial charge in [-0.1, -0.05) is 19.9 Å². The van der Waals surface area contributed by atoms with Crippen molar-refractivity contribution in [2.75, 3.05) is 18.8 Å². The number of aryl methyl sites for hydroxylation is 1. The number of sulfonamides is 1. The second-order valence-corrected chi connectivity index (χ2v) is 7.03. The van der Waals surface area contributed by atoms with E-state index in [0.717, 1.165) is 18.4 Å². The molecule has 0 aliphatic heterocycles. The van der Waals surface area contributed by atoms with Crippen LogP contribution < -0.4 is 5.73 Å². The van der Waals surface area contributed by atoms with Crippen molar-refractivity contribution in [2.24, 2.45) is 5.92 Å². The molecule has 0 unspecified atom stereocenters. The van der Waals surface area contributed by atoms with Crippen molar-refractivity contribution in [1.82, 2.24) is 4.31 Å². The van der Waals surface area contributed by atoms with Gasteiger partial charge in [-0.2, -0.15) is 4.31 Å². The van der Waals surface area contributed by atoms with E-state index in [-0.39, 0.29) is 0 Å². The van der Waals surface area contributed by atoms with Gasteiger partial charge in [0.25, 0.3) is 0 Å². The maximum atomic E-state index is 12.7. The maximum absolute atomic E-state index is 12.7. The second kappa shape index (κ2) is 5.51. The van der Waals surface area contributed by atoms with Gasteiger partial charge in [0.15, 0.2) is 0 Å². The Morgan fingerprint density at radius 3 is 2.53 bits per heavy atom. The van der Waals surface area contributed by atoms with E-state index >= 15 is 0 Å². The summed E-state index contributed by atoms with van der Waals surface area (Å²) >= 11 is 0. The van der Waals surface area contributed by atoms with E-state index < -0.39 is 10.0 Å². The first-order valence-electron chi connectivity index (χ1n) is 6.87. The molecule has 1 aromatic rings. The van der Waals surface area contributed by atoms with Gasteiger partial charge in [-0.3, -0.25) is 0 Å². The van der Waals surface area contributed by atoms with E-state index in [1.165, 1.54) is 0 Å². The van der Waals surface area contributed by atoms with Crippen LogP contribution in [0.4, 0.5) is 5.69 Å². The summed E-state index contributed by atoms with van der Waals surface area (Å²) in [5, 5.41) is 0. The largest absolute Gasteiger partial charge is 0.399 e. The van der Waals surface area contributed by atoms with Gasteiger partial charge in [0.2, 0.25) is 10.0 Å². The molecule has 5 heteroatoms. The fraction of sp³-hybridized carbons (Fsp3) is 0.571. The fourth-order valence-electron chi connectivity index (χ4n) is 2.23. The summed E-state index contributed by atoms with van der Waals surface area (Å²) in [6, 6.07) is 5.16. The molecule has 2 rings (SSSR count). The highest BCUT2D eigenvalue weighted by atomic mass is 32.2. The molecule has 19 heavy (non-hydrogen) atoms. The highest BCUT2D eigenvalue weighted by molar-refractivity contribution is 7.89. The van der Waals surface area contributed by atoms with E-state index in [0.29, 0.717) is 36.0 Å². The van der Waals surface area contributed by atoms with Crippen LogP contribution in [0.3, 0.4) is 0 Å². The number of hydrogen-bond acceptors (Lipinski definition) is 3. The Labute approximate surface area is 115 Å². The predicted molar refractivity (Wildman–Crippen MR) is 77.4 cm³/mol. The summed E-state index contributed by atoms with van der Waals surface area (Å²) in [4.78, 5) is 0.373. The summed E-state index contributed by atoms with van der Waals surface area (Å²) in [6.45, 7) is 4.99. The lowest BCUT2D eigenvalue weighted by Gasteiger charge is -2.22. The van der Waals surface area contributed by atoms with E-state index in [1.807, 2.05) is 19.9 Å². The molecular weight excluding hydrogens is 260 g/mol. The maximum Gasteiger partial charge on any atom is 0.243 e. The first kappa shape index (κ1) is 14.3. The number of hydrogen-bond donors (Lipinski definition) is 1. The molecule has 2 N–H and O–H groups in total. The van der Waals surface area contributed by atoms with Crippen LogP contribution in [0, 0.1) is 5.92 Å². The molecule has 0 atom stereocenters. The van der Waals surface area contributed by atoms with Crippen molar-refractivity contribution in [3.8, 4) is 0 Å². The third-order valence-corrected chi connectivity index (χ3v) is 5.62. The van der Waals surface area contributed by atoms with Crippen LogP contribution in [-0.4, -0.2) is 25.8 Å². The van der Waals surface area contributed by atoms with Crippen LogP contribution in [-0.2, 0) is 16.4 Å². The number of nitrogens with zero attached hydrogens (tertiary/aromatic N) is 1. The van der Waals surface area contributed by atoms with Crippen LogP contribution in [0.2, 0.25) is 0 Å². The van der Waals surface area contributed by atoms with Crippen molar-refractivity contribution in [3.05, 3.63) is 23.8 Å². The van der Waals surface area contributed by atoms with Crippen LogP contribution in [0.25, 0.3) is 0 Å². The highest BCUT2D eigenvalue weighted by Gasteiger charge is 2.31. The summed E-state index contributed by atoms with van der Waals surface area (Å²) < 4.78 is 27.0. The Hall–Kier alpha value is -1.07. The molecule has 0 heterocycles. The molecule has 0 saturated heterocycles. The summed E-state index contributed by atoms with van der Waals surface area (Å²) in [6.07, 6.45) is 2.98. The Kier molecular flexibility index (Phi) is 4.16. The van der Waals surface area contributed by atoms with Gasteiger partial charge in [-0.25, -0.2) is 8.42 Å². The second-order valence-electron chi connectivity index (χ2n) is 5.12. The first-order valence-corrected chi connectivity index (χ1v) is 8.31. The highest BCUT2D eigenvalue weighted by Crippen LogP contribution is 2.32. The molecule has 0 radical (unpaired) electrons. The number of nitrogens with two attached hydrogens (primary N) is 1. The van der Waals surface area contributed by atoms with Crippen molar-refractivity contribution in [3.63, 3.8) is 0 Å². The minimum Gasteiger partial charge on any atom is -0.399 e.